The lowest BCUT2D eigenvalue weighted by molar-refractivity contribution is 0.102. The molecule has 1 aliphatic heterocycles. The van der Waals surface area contributed by atoms with Crippen LogP contribution in [0, 0.1) is 0 Å². The maximum Gasteiger partial charge on any atom is 0.255 e. The van der Waals surface area contributed by atoms with Gasteiger partial charge in [-0.05, 0) is 56.4 Å². The van der Waals surface area contributed by atoms with Gasteiger partial charge in [0.05, 0.1) is 4.90 Å². The Balaban J connectivity index is 0.00000210. The number of benzene rings is 2. The lowest BCUT2D eigenvalue weighted by atomic mass is 10.2. The highest BCUT2D eigenvalue weighted by atomic mass is 35.5. The molecule has 0 atom stereocenters. The highest BCUT2D eigenvalue weighted by Crippen LogP contribution is 2.21. The number of anilines is 2. The smallest absolute Gasteiger partial charge is 0.255 e. The van der Waals surface area contributed by atoms with Crippen molar-refractivity contribution in [3.63, 3.8) is 0 Å². The number of hydrogen-bond acceptors (Lipinski definition) is 5. The number of rotatable bonds is 4. The first kappa shape index (κ1) is 25.2. The van der Waals surface area contributed by atoms with Gasteiger partial charge in [0.1, 0.15) is 0 Å². The third-order valence-electron chi connectivity index (χ3n) is 4.56. The van der Waals surface area contributed by atoms with Gasteiger partial charge in [0.2, 0.25) is 10.0 Å². The summed E-state index contributed by atoms with van der Waals surface area (Å²) in [6.07, 6.45) is 0.793. The molecule has 1 heterocycles. The molecule has 1 fully saturated rings. The van der Waals surface area contributed by atoms with Gasteiger partial charge in [-0.1, -0.05) is 12.1 Å². The third-order valence-corrected chi connectivity index (χ3v) is 6.45. The average Bonchev–Trinajstić information content (AvgIpc) is 2.87. The van der Waals surface area contributed by atoms with E-state index in [0.717, 1.165) is 13.0 Å². The zero-order valence-electron chi connectivity index (χ0n) is 16.1. The number of sulfonamides is 1. The van der Waals surface area contributed by atoms with E-state index in [4.69, 9.17) is 5.73 Å². The molecule has 0 aromatic heterocycles. The van der Waals surface area contributed by atoms with Crippen molar-refractivity contribution in [1.82, 2.24) is 9.21 Å². The molecule has 2 aromatic carbocycles. The second-order valence-corrected chi connectivity index (χ2v) is 8.61. The maximum absolute atomic E-state index is 13.0. The zero-order chi connectivity index (χ0) is 19.4. The van der Waals surface area contributed by atoms with Crippen molar-refractivity contribution < 1.29 is 13.2 Å². The number of carbonyl (C=O) groups is 1. The fourth-order valence-electron chi connectivity index (χ4n) is 3.03. The number of amides is 1. The Labute approximate surface area is 184 Å². The van der Waals surface area contributed by atoms with Crippen molar-refractivity contribution in [3.05, 3.63) is 54.1 Å². The fourth-order valence-corrected chi connectivity index (χ4v) is 4.55. The summed E-state index contributed by atoms with van der Waals surface area (Å²) < 4.78 is 27.5. The monoisotopic (exact) mass is 460 g/mol. The third kappa shape index (κ3) is 6.32. The molecule has 0 bridgehead atoms. The topological polar surface area (TPSA) is 95.7 Å². The number of carbonyl (C=O) groups excluding carboxylic acids is 1. The molecule has 7 nitrogen and oxygen atoms in total. The van der Waals surface area contributed by atoms with Gasteiger partial charge < -0.3 is 16.0 Å². The quantitative estimate of drug-likeness (QED) is 0.683. The van der Waals surface area contributed by atoms with Crippen LogP contribution in [0.15, 0.2) is 53.4 Å². The predicted molar refractivity (Wildman–Crippen MR) is 121 cm³/mol. The van der Waals surface area contributed by atoms with Crippen LogP contribution in [0.3, 0.4) is 0 Å². The number of nitrogens with two attached hydrogens (primary N) is 1. The van der Waals surface area contributed by atoms with E-state index in [1.807, 2.05) is 7.05 Å². The molecule has 0 unspecified atom stereocenters. The Bertz CT molecular complexity index is 941. The molecule has 10 heteroatoms. The van der Waals surface area contributed by atoms with Crippen molar-refractivity contribution in [2.45, 2.75) is 11.3 Å². The van der Waals surface area contributed by atoms with E-state index >= 15 is 0 Å². The van der Waals surface area contributed by atoms with Gasteiger partial charge in [-0.15, -0.1) is 24.8 Å². The molecule has 1 aliphatic rings. The molecule has 3 rings (SSSR count). The minimum absolute atomic E-state index is 0. The van der Waals surface area contributed by atoms with Crippen LogP contribution in [0.1, 0.15) is 16.8 Å². The summed E-state index contributed by atoms with van der Waals surface area (Å²) in [6, 6.07) is 13.0. The summed E-state index contributed by atoms with van der Waals surface area (Å²) >= 11 is 0. The first-order chi connectivity index (χ1) is 12.9. The minimum atomic E-state index is -3.60. The van der Waals surface area contributed by atoms with Crippen molar-refractivity contribution in [2.75, 3.05) is 44.3 Å². The molecular weight excluding hydrogens is 435 g/mol. The normalized spacial score (nSPS) is 15.5. The Kier molecular flexibility index (Phi) is 9.38. The van der Waals surface area contributed by atoms with Gasteiger partial charge in [-0.2, -0.15) is 4.31 Å². The SMILES string of the molecule is CN1CCCN(S(=O)(=O)c2cccc(NC(=O)c3cccc(N)c3)c2)CC1.Cl.Cl. The van der Waals surface area contributed by atoms with Crippen LogP contribution in [0.5, 0.6) is 0 Å². The van der Waals surface area contributed by atoms with Crippen molar-refractivity contribution in [2.24, 2.45) is 0 Å². The van der Waals surface area contributed by atoms with E-state index in [1.165, 1.54) is 10.4 Å². The number of nitrogens with one attached hydrogen (secondary N) is 1. The molecule has 160 valence electrons. The van der Waals surface area contributed by atoms with Crippen molar-refractivity contribution in [1.29, 1.82) is 0 Å². The van der Waals surface area contributed by atoms with Crippen LogP contribution >= 0.6 is 24.8 Å². The second-order valence-electron chi connectivity index (χ2n) is 6.67. The molecule has 29 heavy (non-hydrogen) atoms. The highest BCUT2D eigenvalue weighted by molar-refractivity contribution is 7.89. The largest absolute Gasteiger partial charge is 0.399 e. The van der Waals surface area contributed by atoms with Gasteiger partial charge in [-0.3, -0.25) is 4.79 Å². The lowest BCUT2D eigenvalue weighted by Crippen LogP contribution is -2.34. The fraction of sp³-hybridized carbons (Fsp3) is 0.316. The van der Waals surface area contributed by atoms with Gasteiger partial charge >= 0.3 is 0 Å². The van der Waals surface area contributed by atoms with Crippen LogP contribution in [-0.2, 0) is 10.0 Å². The Morgan fingerprint density at radius 2 is 1.72 bits per heavy atom. The Morgan fingerprint density at radius 1 is 1.00 bits per heavy atom. The van der Waals surface area contributed by atoms with E-state index in [9.17, 15) is 13.2 Å². The number of likely N-dealkylation sites (N-methyl/N-ethyl adjacent to an activating group) is 1. The Morgan fingerprint density at radius 3 is 2.45 bits per heavy atom. The number of nitrogen functional groups attached to an aromatic ring is 1. The van der Waals surface area contributed by atoms with Crippen molar-refractivity contribution >= 4 is 52.1 Å². The zero-order valence-corrected chi connectivity index (χ0v) is 18.5. The summed E-state index contributed by atoms with van der Waals surface area (Å²) in [5.74, 6) is -0.340. The average molecular weight is 461 g/mol. The Hall–Kier alpha value is -1.84. The van der Waals surface area contributed by atoms with E-state index < -0.39 is 10.0 Å². The van der Waals surface area contributed by atoms with Crippen LogP contribution < -0.4 is 11.1 Å². The summed E-state index contributed by atoms with van der Waals surface area (Å²) in [5.41, 5.74) is 7.04. The number of hydrogen-bond donors (Lipinski definition) is 2. The maximum atomic E-state index is 13.0. The standard InChI is InChI=1S/C19H24N4O3S.2ClH/c1-22-9-4-10-23(12-11-22)27(25,26)18-8-3-7-17(14-18)21-19(24)15-5-2-6-16(20)13-15;;/h2-3,5-8,13-14H,4,9-12,20H2,1H3,(H,21,24);2*1H. The van der Waals surface area contributed by atoms with Gasteiger partial charge in [0.15, 0.2) is 0 Å². The van der Waals surface area contributed by atoms with E-state index in [1.54, 1.807) is 42.5 Å². The van der Waals surface area contributed by atoms with Crippen molar-refractivity contribution in [3.8, 4) is 0 Å². The molecule has 1 amide bonds. The minimum Gasteiger partial charge on any atom is -0.399 e. The molecule has 0 radical (unpaired) electrons. The number of nitrogens with zero attached hydrogens (tertiary/aromatic N) is 2. The summed E-state index contributed by atoms with van der Waals surface area (Å²) in [5, 5.41) is 2.73. The first-order valence-corrected chi connectivity index (χ1v) is 10.3. The molecule has 2 aromatic rings. The van der Waals surface area contributed by atoms with Gasteiger partial charge in [-0.25, -0.2) is 8.42 Å². The predicted octanol–water partition coefficient (Wildman–Crippen LogP) is 2.69. The van der Waals surface area contributed by atoms with E-state index in [0.29, 0.717) is 36.6 Å². The molecule has 0 spiro atoms. The molecular formula is C19H26Cl2N4O3S. The van der Waals surface area contributed by atoms with E-state index in [-0.39, 0.29) is 35.6 Å². The second kappa shape index (κ2) is 10.8. The van der Waals surface area contributed by atoms with Crippen LogP contribution in [0.25, 0.3) is 0 Å². The van der Waals surface area contributed by atoms with Gasteiger partial charge in [0.25, 0.3) is 5.91 Å². The molecule has 0 saturated carbocycles. The molecule has 1 saturated heterocycles. The van der Waals surface area contributed by atoms with Gasteiger partial charge in [0, 0.05) is 36.6 Å². The lowest BCUT2D eigenvalue weighted by Gasteiger charge is -2.20. The summed E-state index contributed by atoms with van der Waals surface area (Å²) in [7, 11) is -1.61. The molecule has 0 aliphatic carbocycles. The summed E-state index contributed by atoms with van der Waals surface area (Å²) in [4.78, 5) is 14.7. The highest BCUT2D eigenvalue weighted by Gasteiger charge is 2.26. The first-order valence-electron chi connectivity index (χ1n) is 8.82. The van der Waals surface area contributed by atoms with E-state index in [2.05, 4.69) is 10.2 Å². The number of halogens is 2. The molecule has 3 N–H and O–H groups in total. The van der Waals surface area contributed by atoms with Crippen LogP contribution in [0.2, 0.25) is 0 Å². The van der Waals surface area contributed by atoms with Crippen LogP contribution in [0.4, 0.5) is 11.4 Å². The summed E-state index contributed by atoms with van der Waals surface area (Å²) in [6.45, 7) is 2.53. The van der Waals surface area contributed by atoms with Crippen LogP contribution in [-0.4, -0.2) is 56.8 Å².